The molecule has 0 spiro atoms. The SMILES string of the molecule is COc1ccccc1CN(CCC(=O)Nc1ccc(C#N)cc1)S(C)(=O)=O. The minimum Gasteiger partial charge on any atom is -0.496 e. The van der Waals surface area contributed by atoms with E-state index in [9.17, 15) is 13.2 Å². The third kappa shape index (κ3) is 6.09. The first-order chi connectivity index (χ1) is 12.8. The number of amides is 1. The monoisotopic (exact) mass is 387 g/mol. The summed E-state index contributed by atoms with van der Waals surface area (Å²) in [5, 5.41) is 11.5. The van der Waals surface area contributed by atoms with Crippen LogP contribution in [-0.2, 0) is 21.4 Å². The van der Waals surface area contributed by atoms with Crippen molar-refractivity contribution in [2.75, 3.05) is 25.2 Å². The minimum absolute atomic E-state index is 0.00220. The Kier molecular flexibility index (Phi) is 6.93. The van der Waals surface area contributed by atoms with E-state index in [2.05, 4.69) is 5.32 Å². The van der Waals surface area contributed by atoms with Crippen LogP contribution in [0.3, 0.4) is 0 Å². The van der Waals surface area contributed by atoms with Crippen molar-refractivity contribution in [3.05, 3.63) is 59.7 Å². The molecule has 0 unspecified atom stereocenters. The Morgan fingerprint density at radius 2 is 1.85 bits per heavy atom. The number of para-hydroxylation sites is 1. The second-order valence-corrected chi connectivity index (χ2v) is 7.88. The summed E-state index contributed by atoms with van der Waals surface area (Å²) >= 11 is 0. The zero-order valence-electron chi connectivity index (χ0n) is 15.2. The number of carbonyl (C=O) groups excluding carboxylic acids is 1. The molecule has 0 aliphatic carbocycles. The lowest BCUT2D eigenvalue weighted by atomic mass is 10.2. The molecule has 2 aromatic rings. The molecule has 0 saturated carbocycles. The first-order valence-corrected chi connectivity index (χ1v) is 10.1. The van der Waals surface area contributed by atoms with Gasteiger partial charge in [0.2, 0.25) is 15.9 Å². The van der Waals surface area contributed by atoms with Crippen LogP contribution in [0.1, 0.15) is 17.5 Å². The van der Waals surface area contributed by atoms with Crippen molar-refractivity contribution in [2.45, 2.75) is 13.0 Å². The van der Waals surface area contributed by atoms with Crippen LogP contribution in [0, 0.1) is 11.3 Å². The molecule has 7 nitrogen and oxygen atoms in total. The maximum absolute atomic E-state index is 12.2. The number of methoxy groups -OCH3 is 1. The minimum atomic E-state index is -3.50. The summed E-state index contributed by atoms with van der Waals surface area (Å²) in [6.07, 6.45) is 1.11. The number of nitrogens with zero attached hydrogens (tertiary/aromatic N) is 2. The van der Waals surface area contributed by atoms with Crippen LogP contribution in [0.15, 0.2) is 48.5 Å². The smallest absolute Gasteiger partial charge is 0.225 e. The summed E-state index contributed by atoms with van der Waals surface area (Å²) < 4.78 is 30.7. The van der Waals surface area contributed by atoms with Gasteiger partial charge in [0.25, 0.3) is 0 Å². The summed E-state index contributed by atoms with van der Waals surface area (Å²) in [5.74, 6) is 0.279. The molecule has 0 saturated heterocycles. The van der Waals surface area contributed by atoms with E-state index in [4.69, 9.17) is 10.00 Å². The van der Waals surface area contributed by atoms with E-state index < -0.39 is 10.0 Å². The molecule has 142 valence electrons. The molecule has 0 aliphatic rings. The molecule has 1 N–H and O–H groups in total. The lowest BCUT2D eigenvalue weighted by Gasteiger charge is -2.21. The molecule has 0 fully saturated rings. The Hall–Kier alpha value is -2.89. The van der Waals surface area contributed by atoms with Gasteiger partial charge in [0.1, 0.15) is 5.75 Å². The van der Waals surface area contributed by atoms with Gasteiger partial charge in [-0.15, -0.1) is 0 Å². The van der Waals surface area contributed by atoms with Gasteiger partial charge in [0.05, 0.1) is 25.0 Å². The standard InChI is InChI=1S/C19H21N3O4S/c1-26-18-6-4-3-5-16(18)14-22(27(2,24)25)12-11-19(23)21-17-9-7-15(13-20)8-10-17/h3-10H,11-12,14H2,1-2H3,(H,21,23). The van der Waals surface area contributed by atoms with E-state index in [-0.39, 0.29) is 25.4 Å². The molecular weight excluding hydrogens is 366 g/mol. The lowest BCUT2D eigenvalue weighted by molar-refractivity contribution is -0.116. The molecular formula is C19H21N3O4S. The summed E-state index contributed by atoms with van der Waals surface area (Å²) in [6, 6.07) is 15.6. The van der Waals surface area contributed by atoms with E-state index in [1.54, 1.807) is 48.5 Å². The number of nitrogens with one attached hydrogen (secondary N) is 1. The number of benzene rings is 2. The van der Waals surface area contributed by atoms with Crippen molar-refractivity contribution >= 4 is 21.6 Å². The van der Waals surface area contributed by atoms with Crippen LogP contribution in [0.5, 0.6) is 5.75 Å². The number of sulfonamides is 1. The highest BCUT2D eigenvalue weighted by Gasteiger charge is 2.20. The van der Waals surface area contributed by atoms with Crippen molar-refractivity contribution < 1.29 is 17.9 Å². The molecule has 0 aromatic heterocycles. The predicted molar refractivity (Wildman–Crippen MR) is 103 cm³/mol. The molecule has 0 radical (unpaired) electrons. The summed E-state index contributed by atoms with van der Waals surface area (Å²) in [7, 11) is -1.98. The molecule has 27 heavy (non-hydrogen) atoms. The Labute approximate surface area is 159 Å². The third-order valence-electron chi connectivity index (χ3n) is 3.89. The number of hydrogen-bond acceptors (Lipinski definition) is 5. The van der Waals surface area contributed by atoms with Gasteiger partial charge in [-0.3, -0.25) is 4.79 Å². The van der Waals surface area contributed by atoms with Gasteiger partial charge in [-0.25, -0.2) is 8.42 Å². The number of hydrogen-bond donors (Lipinski definition) is 1. The van der Waals surface area contributed by atoms with E-state index in [0.29, 0.717) is 17.0 Å². The molecule has 2 aromatic carbocycles. The second-order valence-electron chi connectivity index (χ2n) is 5.90. The zero-order chi connectivity index (χ0) is 19.9. The van der Waals surface area contributed by atoms with Gasteiger partial charge in [-0.1, -0.05) is 18.2 Å². The Morgan fingerprint density at radius 1 is 1.19 bits per heavy atom. The van der Waals surface area contributed by atoms with E-state index >= 15 is 0 Å². The number of carbonyl (C=O) groups is 1. The molecule has 0 heterocycles. The van der Waals surface area contributed by atoms with Crippen LogP contribution in [-0.4, -0.2) is 38.5 Å². The fourth-order valence-electron chi connectivity index (χ4n) is 2.46. The number of ether oxygens (including phenoxy) is 1. The quantitative estimate of drug-likeness (QED) is 0.749. The molecule has 1 amide bonds. The maximum Gasteiger partial charge on any atom is 0.225 e. The molecule has 0 aliphatic heterocycles. The lowest BCUT2D eigenvalue weighted by Crippen LogP contribution is -2.32. The van der Waals surface area contributed by atoms with Crippen molar-refractivity contribution in [3.8, 4) is 11.8 Å². The van der Waals surface area contributed by atoms with Gasteiger partial charge >= 0.3 is 0 Å². The predicted octanol–water partition coefficient (Wildman–Crippen LogP) is 2.36. The van der Waals surface area contributed by atoms with Crippen LogP contribution in [0.2, 0.25) is 0 Å². The van der Waals surface area contributed by atoms with Crippen LogP contribution < -0.4 is 10.1 Å². The maximum atomic E-state index is 12.2. The summed E-state index contributed by atoms with van der Waals surface area (Å²) in [4.78, 5) is 12.2. The van der Waals surface area contributed by atoms with Gasteiger partial charge < -0.3 is 10.1 Å². The fraction of sp³-hybridized carbons (Fsp3) is 0.263. The number of nitriles is 1. The first kappa shape index (κ1) is 20.4. The van der Waals surface area contributed by atoms with Gasteiger partial charge in [0, 0.05) is 30.8 Å². The van der Waals surface area contributed by atoms with Gasteiger partial charge in [-0.2, -0.15) is 9.57 Å². The van der Waals surface area contributed by atoms with Crippen LogP contribution in [0.4, 0.5) is 5.69 Å². The average Bonchev–Trinajstić information content (AvgIpc) is 2.65. The largest absolute Gasteiger partial charge is 0.496 e. The van der Waals surface area contributed by atoms with Gasteiger partial charge in [0.15, 0.2) is 0 Å². The number of anilines is 1. The molecule has 8 heteroatoms. The summed E-state index contributed by atoms with van der Waals surface area (Å²) in [6.45, 7) is 0.159. The molecule has 0 bridgehead atoms. The van der Waals surface area contributed by atoms with E-state index in [1.165, 1.54) is 11.4 Å². The average molecular weight is 387 g/mol. The van der Waals surface area contributed by atoms with Crippen molar-refractivity contribution in [3.63, 3.8) is 0 Å². The van der Waals surface area contributed by atoms with Crippen molar-refractivity contribution in [2.24, 2.45) is 0 Å². The highest BCUT2D eigenvalue weighted by Crippen LogP contribution is 2.20. The molecule has 0 atom stereocenters. The highest BCUT2D eigenvalue weighted by atomic mass is 32.2. The zero-order valence-corrected chi connectivity index (χ0v) is 16.0. The Balaban J connectivity index is 2.01. The van der Waals surface area contributed by atoms with Crippen molar-refractivity contribution in [1.82, 2.24) is 4.31 Å². The second kappa shape index (κ2) is 9.16. The topological polar surface area (TPSA) is 99.5 Å². The van der Waals surface area contributed by atoms with Crippen molar-refractivity contribution in [1.29, 1.82) is 5.26 Å². The molecule has 2 rings (SSSR count). The summed E-state index contributed by atoms with van der Waals surface area (Å²) in [5.41, 5.74) is 1.76. The third-order valence-corrected chi connectivity index (χ3v) is 5.14. The Morgan fingerprint density at radius 3 is 2.44 bits per heavy atom. The van der Waals surface area contributed by atoms with Crippen LogP contribution in [0.25, 0.3) is 0 Å². The first-order valence-electron chi connectivity index (χ1n) is 8.20. The normalized spacial score (nSPS) is 11.0. The van der Waals surface area contributed by atoms with E-state index in [0.717, 1.165) is 11.8 Å². The highest BCUT2D eigenvalue weighted by molar-refractivity contribution is 7.88. The Bertz CT molecular complexity index is 934. The van der Waals surface area contributed by atoms with Gasteiger partial charge in [-0.05, 0) is 30.3 Å². The van der Waals surface area contributed by atoms with Crippen LogP contribution >= 0.6 is 0 Å². The van der Waals surface area contributed by atoms with E-state index in [1.807, 2.05) is 6.07 Å². The number of rotatable bonds is 8. The fourth-order valence-corrected chi connectivity index (χ4v) is 3.26.